The van der Waals surface area contributed by atoms with Crippen LogP contribution in [0.5, 0.6) is 0 Å². The van der Waals surface area contributed by atoms with E-state index in [9.17, 15) is 9.50 Å². The van der Waals surface area contributed by atoms with Gasteiger partial charge in [-0.15, -0.1) is 11.8 Å². The standard InChI is InChI=1S/C14H15FN2O2S/c15-10-2-1-3-11(6-10)20-8-13-16-14(19-17-13)7-12(18)9-4-5-9/h1-3,6,9,12,18H,4-5,7-8H2. The molecule has 1 heterocycles. The van der Waals surface area contributed by atoms with Gasteiger partial charge >= 0.3 is 0 Å². The molecule has 1 aromatic heterocycles. The first kappa shape index (κ1) is 13.6. The molecule has 6 heteroatoms. The summed E-state index contributed by atoms with van der Waals surface area (Å²) >= 11 is 1.45. The van der Waals surface area contributed by atoms with Gasteiger partial charge in [-0.1, -0.05) is 11.2 Å². The summed E-state index contributed by atoms with van der Waals surface area (Å²) in [6, 6.07) is 6.40. The fourth-order valence-corrected chi connectivity index (χ4v) is 2.75. The zero-order valence-electron chi connectivity index (χ0n) is 10.8. The number of halogens is 1. The van der Waals surface area contributed by atoms with Crippen molar-refractivity contribution in [3.63, 3.8) is 0 Å². The predicted molar refractivity (Wildman–Crippen MR) is 72.7 cm³/mol. The highest BCUT2D eigenvalue weighted by molar-refractivity contribution is 7.98. The lowest BCUT2D eigenvalue weighted by Gasteiger charge is -2.03. The fourth-order valence-electron chi connectivity index (χ4n) is 1.96. The van der Waals surface area contributed by atoms with Crippen molar-refractivity contribution >= 4 is 11.8 Å². The van der Waals surface area contributed by atoms with Gasteiger partial charge in [-0.25, -0.2) is 4.39 Å². The Balaban J connectivity index is 1.54. The molecule has 0 aliphatic heterocycles. The zero-order chi connectivity index (χ0) is 13.9. The van der Waals surface area contributed by atoms with Gasteiger partial charge in [0.2, 0.25) is 5.89 Å². The monoisotopic (exact) mass is 294 g/mol. The maximum atomic E-state index is 13.0. The van der Waals surface area contributed by atoms with Crippen LogP contribution in [0.4, 0.5) is 4.39 Å². The predicted octanol–water partition coefficient (Wildman–Crippen LogP) is 2.81. The van der Waals surface area contributed by atoms with Gasteiger partial charge in [0.15, 0.2) is 5.82 Å². The number of aromatic nitrogens is 2. The molecule has 1 saturated carbocycles. The van der Waals surface area contributed by atoms with Gasteiger partial charge in [-0.3, -0.25) is 0 Å². The second-order valence-corrected chi connectivity index (χ2v) is 6.01. The number of rotatable bonds is 6. The molecule has 0 saturated heterocycles. The van der Waals surface area contributed by atoms with E-state index < -0.39 is 0 Å². The van der Waals surface area contributed by atoms with Crippen molar-refractivity contribution in [2.45, 2.75) is 36.0 Å². The molecule has 0 amide bonds. The van der Waals surface area contributed by atoms with Crippen LogP contribution in [0.25, 0.3) is 0 Å². The highest BCUT2D eigenvalue weighted by Gasteiger charge is 2.31. The topological polar surface area (TPSA) is 59.2 Å². The number of nitrogens with zero attached hydrogens (tertiary/aromatic N) is 2. The van der Waals surface area contributed by atoms with E-state index in [-0.39, 0.29) is 11.9 Å². The van der Waals surface area contributed by atoms with Crippen molar-refractivity contribution in [1.82, 2.24) is 10.1 Å². The second-order valence-electron chi connectivity index (χ2n) is 4.96. The number of hydrogen-bond donors (Lipinski definition) is 1. The van der Waals surface area contributed by atoms with Crippen molar-refractivity contribution in [3.8, 4) is 0 Å². The Morgan fingerprint density at radius 3 is 3.05 bits per heavy atom. The molecule has 1 unspecified atom stereocenters. The molecule has 1 aliphatic carbocycles. The molecule has 1 aromatic carbocycles. The average Bonchev–Trinajstić information content (AvgIpc) is 3.19. The first-order chi connectivity index (χ1) is 9.70. The minimum atomic E-state index is -0.376. The molecule has 1 aliphatic rings. The third kappa shape index (κ3) is 3.58. The van der Waals surface area contributed by atoms with Crippen LogP contribution in [-0.2, 0) is 12.2 Å². The maximum absolute atomic E-state index is 13.0. The summed E-state index contributed by atoms with van der Waals surface area (Å²) in [6.07, 6.45) is 2.21. The number of thioether (sulfide) groups is 1. The molecule has 0 radical (unpaired) electrons. The van der Waals surface area contributed by atoms with Gasteiger partial charge in [0.1, 0.15) is 5.82 Å². The Bertz CT molecular complexity index is 586. The Morgan fingerprint density at radius 1 is 1.45 bits per heavy atom. The summed E-state index contributed by atoms with van der Waals surface area (Å²) in [5.41, 5.74) is 0. The van der Waals surface area contributed by atoms with Gasteiger partial charge in [-0.2, -0.15) is 4.98 Å². The summed E-state index contributed by atoms with van der Waals surface area (Å²) in [5, 5.41) is 13.7. The largest absolute Gasteiger partial charge is 0.392 e. The van der Waals surface area contributed by atoms with E-state index in [2.05, 4.69) is 10.1 Å². The number of aliphatic hydroxyl groups is 1. The van der Waals surface area contributed by atoms with E-state index in [0.29, 0.717) is 29.8 Å². The first-order valence-electron chi connectivity index (χ1n) is 6.58. The molecule has 0 bridgehead atoms. The summed E-state index contributed by atoms with van der Waals surface area (Å²) in [7, 11) is 0. The quantitative estimate of drug-likeness (QED) is 0.830. The van der Waals surface area contributed by atoms with E-state index in [1.807, 2.05) is 6.07 Å². The number of benzene rings is 1. The number of aliphatic hydroxyl groups excluding tert-OH is 1. The lowest BCUT2D eigenvalue weighted by Crippen LogP contribution is -2.12. The van der Waals surface area contributed by atoms with Crippen molar-refractivity contribution < 1.29 is 14.0 Å². The molecule has 2 aromatic rings. The normalized spacial score (nSPS) is 16.3. The van der Waals surface area contributed by atoms with Gasteiger partial charge in [0, 0.05) is 4.90 Å². The highest BCUT2D eigenvalue weighted by Crippen LogP contribution is 2.33. The molecule has 3 rings (SSSR count). The summed E-state index contributed by atoms with van der Waals surface area (Å²) in [6.45, 7) is 0. The van der Waals surface area contributed by atoms with Crippen molar-refractivity contribution in [1.29, 1.82) is 0 Å². The van der Waals surface area contributed by atoms with E-state index in [0.717, 1.165) is 17.7 Å². The summed E-state index contributed by atoms with van der Waals surface area (Å²) in [4.78, 5) is 5.07. The van der Waals surface area contributed by atoms with E-state index in [4.69, 9.17) is 4.52 Å². The summed E-state index contributed by atoms with van der Waals surface area (Å²) < 4.78 is 18.1. The van der Waals surface area contributed by atoms with Crippen LogP contribution in [-0.4, -0.2) is 21.4 Å². The van der Waals surface area contributed by atoms with Crippen molar-refractivity contribution in [2.75, 3.05) is 0 Å². The Labute approximate surface area is 120 Å². The van der Waals surface area contributed by atoms with Crippen LogP contribution in [0.3, 0.4) is 0 Å². The van der Waals surface area contributed by atoms with Gasteiger partial charge in [-0.05, 0) is 37.0 Å². The summed E-state index contributed by atoms with van der Waals surface area (Å²) in [5.74, 6) is 1.70. The lowest BCUT2D eigenvalue weighted by atomic mass is 10.2. The Hall–Kier alpha value is -1.40. The molecule has 1 fully saturated rings. The lowest BCUT2D eigenvalue weighted by molar-refractivity contribution is 0.140. The van der Waals surface area contributed by atoms with Crippen LogP contribution in [0.15, 0.2) is 33.7 Å². The third-order valence-electron chi connectivity index (χ3n) is 3.22. The first-order valence-corrected chi connectivity index (χ1v) is 7.57. The van der Waals surface area contributed by atoms with E-state index in [1.165, 1.54) is 23.9 Å². The SMILES string of the molecule is OC(Cc1nc(CSc2cccc(F)c2)no1)C1CC1. The molecule has 1 atom stereocenters. The van der Waals surface area contributed by atoms with Crippen molar-refractivity contribution in [2.24, 2.45) is 5.92 Å². The van der Waals surface area contributed by atoms with E-state index in [1.54, 1.807) is 6.07 Å². The molecular formula is C14H15FN2O2S. The second kappa shape index (κ2) is 5.93. The molecular weight excluding hydrogens is 279 g/mol. The molecule has 1 N–H and O–H groups in total. The molecule has 4 nitrogen and oxygen atoms in total. The van der Waals surface area contributed by atoms with E-state index >= 15 is 0 Å². The van der Waals surface area contributed by atoms with Crippen LogP contribution in [0.1, 0.15) is 24.6 Å². The Kier molecular flexibility index (Phi) is 4.03. The van der Waals surface area contributed by atoms with Crippen LogP contribution in [0.2, 0.25) is 0 Å². The van der Waals surface area contributed by atoms with Crippen LogP contribution >= 0.6 is 11.8 Å². The average molecular weight is 294 g/mol. The van der Waals surface area contributed by atoms with Gasteiger partial charge in [0.25, 0.3) is 0 Å². The molecule has 20 heavy (non-hydrogen) atoms. The smallest absolute Gasteiger partial charge is 0.229 e. The van der Waals surface area contributed by atoms with Gasteiger partial charge < -0.3 is 9.63 Å². The van der Waals surface area contributed by atoms with Crippen LogP contribution < -0.4 is 0 Å². The zero-order valence-corrected chi connectivity index (χ0v) is 11.6. The van der Waals surface area contributed by atoms with Crippen LogP contribution in [0, 0.1) is 11.7 Å². The minimum Gasteiger partial charge on any atom is -0.392 e. The molecule has 106 valence electrons. The fraction of sp³-hybridized carbons (Fsp3) is 0.429. The van der Waals surface area contributed by atoms with Crippen molar-refractivity contribution in [3.05, 3.63) is 41.8 Å². The Morgan fingerprint density at radius 2 is 2.30 bits per heavy atom. The highest BCUT2D eigenvalue weighted by atomic mass is 32.2. The maximum Gasteiger partial charge on any atom is 0.229 e. The molecule has 0 spiro atoms. The van der Waals surface area contributed by atoms with Gasteiger partial charge in [0.05, 0.1) is 18.3 Å². The minimum absolute atomic E-state index is 0.253. The third-order valence-corrected chi connectivity index (χ3v) is 4.21. The number of hydrogen-bond acceptors (Lipinski definition) is 5.